The molecule has 0 unspecified atom stereocenters. The van der Waals surface area contributed by atoms with Gasteiger partial charge in [-0.1, -0.05) is 24.3 Å². The topological polar surface area (TPSA) is 16.1 Å². The van der Waals surface area contributed by atoms with E-state index in [2.05, 4.69) is 47.5 Å². The van der Waals surface area contributed by atoms with Crippen LogP contribution in [0.25, 0.3) is 10.8 Å². The Morgan fingerprint density at radius 2 is 2.11 bits per heavy atom. The minimum atomic E-state index is 0.453. The minimum absolute atomic E-state index is 0.453. The third-order valence-corrected chi connectivity index (χ3v) is 3.77. The van der Waals surface area contributed by atoms with Gasteiger partial charge in [0.15, 0.2) is 0 Å². The van der Waals surface area contributed by atoms with E-state index in [1.165, 1.54) is 10.8 Å². The van der Waals surface area contributed by atoms with Crippen molar-refractivity contribution < 1.29 is 0 Å². The number of hydrogen-bond acceptors (Lipinski definition) is 3. The van der Waals surface area contributed by atoms with Crippen LogP contribution in [0.15, 0.2) is 30.3 Å². The molecule has 0 atom stereocenters. The lowest BCUT2D eigenvalue weighted by Crippen LogP contribution is -2.22. The van der Waals surface area contributed by atoms with Gasteiger partial charge in [0.05, 0.1) is 11.6 Å². The Labute approximate surface area is 117 Å². The van der Waals surface area contributed by atoms with E-state index < -0.39 is 0 Å². The fourth-order valence-electron chi connectivity index (χ4n) is 1.93. The number of rotatable bonds is 5. The molecule has 0 radical (unpaired) electrons. The van der Waals surface area contributed by atoms with Crippen molar-refractivity contribution in [2.75, 3.05) is 30.5 Å². The van der Waals surface area contributed by atoms with Crippen molar-refractivity contribution in [3.63, 3.8) is 0 Å². The molecule has 0 saturated heterocycles. The van der Waals surface area contributed by atoms with Gasteiger partial charge in [-0.2, -0.15) is 11.8 Å². The first-order chi connectivity index (χ1) is 8.76. The molecule has 96 valence electrons. The molecule has 0 N–H and O–H groups in total. The molecule has 4 heteroatoms. The van der Waals surface area contributed by atoms with E-state index in [9.17, 15) is 0 Å². The molecular weight excluding hydrogens is 264 g/mol. The Morgan fingerprint density at radius 1 is 1.33 bits per heavy atom. The molecule has 1 heterocycles. The second-order valence-electron chi connectivity index (χ2n) is 4.21. The van der Waals surface area contributed by atoms with Gasteiger partial charge in [0, 0.05) is 24.7 Å². The molecule has 2 rings (SSSR count). The van der Waals surface area contributed by atoms with E-state index in [1.807, 2.05) is 17.8 Å². The van der Waals surface area contributed by atoms with Crippen molar-refractivity contribution in [2.45, 2.75) is 5.88 Å². The van der Waals surface area contributed by atoms with Crippen LogP contribution in [-0.4, -0.2) is 30.6 Å². The largest absolute Gasteiger partial charge is 0.358 e. The normalized spacial score (nSPS) is 10.8. The Balaban J connectivity index is 2.46. The molecule has 0 spiro atoms. The van der Waals surface area contributed by atoms with Crippen molar-refractivity contribution in [3.8, 4) is 0 Å². The summed E-state index contributed by atoms with van der Waals surface area (Å²) in [6, 6.07) is 10.4. The number of halogens is 1. The second kappa shape index (κ2) is 6.30. The fraction of sp³-hybridized carbons (Fsp3) is 0.357. The summed E-state index contributed by atoms with van der Waals surface area (Å²) in [5, 5.41) is 2.39. The first-order valence-corrected chi connectivity index (χ1v) is 7.84. The maximum absolute atomic E-state index is 5.92. The van der Waals surface area contributed by atoms with Crippen LogP contribution in [0.1, 0.15) is 5.69 Å². The number of aromatic nitrogens is 1. The highest BCUT2D eigenvalue weighted by atomic mass is 35.5. The first kappa shape index (κ1) is 13.5. The van der Waals surface area contributed by atoms with Crippen LogP contribution in [0.5, 0.6) is 0 Å². The van der Waals surface area contributed by atoms with Crippen LogP contribution < -0.4 is 4.90 Å². The van der Waals surface area contributed by atoms with E-state index in [1.54, 1.807) is 0 Å². The van der Waals surface area contributed by atoms with Gasteiger partial charge in [0.1, 0.15) is 5.82 Å². The molecule has 0 aliphatic heterocycles. The highest BCUT2D eigenvalue weighted by molar-refractivity contribution is 7.98. The number of benzene rings is 1. The molecule has 0 aliphatic carbocycles. The Kier molecular flexibility index (Phi) is 4.72. The summed E-state index contributed by atoms with van der Waals surface area (Å²) in [6.45, 7) is 0.990. The Bertz CT molecular complexity index is 530. The number of thioether (sulfide) groups is 1. The minimum Gasteiger partial charge on any atom is -0.358 e. The van der Waals surface area contributed by atoms with Crippen molar-refractivity contribution >= 4 is 40.0 Å². The maximum Gasteiger partial charge on any atom is 0.136 e. The summed E-state index contributed by atoms with van der Waals surface area (Å²) in [6.07, 6.45) is 2.12. The number of fused-ring (bicyclic) bond motifs is 1. The van der Waals surface area contributed by atoms with Crippen LogP contribution in [0.2, 0.25) is 0 Å². The van der Waals surface area contributed by atoms with Gasteiger partial charge in [0.2, 0.25) is 0 Å². The number of pyridine rings is 1. The van der Waals surface area contributed by atoms with Crippen LogP contribution in [0.4, 0.5) is 5.82 Å². The Morgan fingerprint density at radius 3 is 2.83 bits per heavy atom. The summed E-state index contributed by atoms with van der Waals surface area (Å²) < 4.78 is 0. The molecule has 0 amide bonds. The van der Waals surface area contributed by atoms with E-state index >= 15 is 0 Å². The molecule has 0 bridgehead atoms. The SMILES string of the molecule is CSCCN(C)c1nc(CCl)cc2ccccc12. The molecule has 0 aliphatic rings. The molecule has 1 aromatic heterocycles. The van der Waals surface area contributed by atoms with Crippen LogP contribution >= 0.6 is 23.4 Å². The number of nitrogens with zero attached hydrogens (tertiary/aromatic N) is 2. The lowest BCUT2D eigenvalue weighted by atomic mass is 10.1. The third kappa shape index (κ3) is 2.90. The standard InChI is InChI=1S/C14H17ClN2S/c1-17(7-8-18-2)14-13-6-4-3-5-11(13)9-12(10-15)16-14/h3-6,9H,7-8,10H2,1-2H3. The lowest BCUT2D eigenvalue weighted by molar-refractivity contribution is 0.945. The number of alkyl halides is 1. The smallest absolute Gasteiger partial charge is 0.136 e. The highest BCUT2D eigenvalue weighted by Crippen LogP contribution is 2.25. The molecule has 0 saturated carbocycles. The summed E-state index contributed by atoms with van der Waals surface area (Å²) in [4.78, 5) is 6.86. The predicted molar refractivity (Wildman–Crippen MR) is 83.0 cm³/mol. The van der Waals surface area contributed by atoms with E-state index in [0.29, 0.717) is 5.88 Å². The summed E-state index contributed by atoms with van der Waals surface area (Å²) >= 11 is 7.77. The summed E-state index contributed by atoms with van der Waals surface area (Å²) in [7, 11) is 2.09. The third-order valence-electron chi connectivity index (χ3n) is 2.90. The zero-order valence-electron chi connectivity index (χ0n) is 10.7. The fourth-order valence-corrected chi connectivity index (χ4v) is 2.52. The zero-order valence-corrected chi connectivity index (χ0v) is 12.3. The lowest BCUT2D eigenvalue weighted by Gasteiger charge is -2.20. The van der Waals surface area contributed by atoms with Gasteiger partial charge >= 0.3 is 0 Å². The van der Waals surface area contributed by atoms with Crippen LogP contribution in [0, 0.1) is 0 Å². The summed E-state index contributed by atoms with van der Waals surface area (Å²) in [5.41, 5.74) is 0.932. The number of anilines is 1. The van der Waals surface area contributed by atoms with Gasteiger partial charge in [0.25, 0.3) is 0 Å². The predicted octanol–water partition coefficient (Wildman–Crippen LogP) is 3.77. The van der Waals surface area contributed by atoms with E-state index in [-0.39, 0.29) is 0 Å². The van der Waals surface area contributed by atoms with Gasteiger partial charge in [-0.3, -0.25) is 0 Å². The van der Waals surface area contributed by atoms with Gasteiger partial charge < -0.3 is 4.90 Å². The Hall–Kier alpha value is -0.930. The zero-order chi connectivity index (χ0) is 13.0. The molecule has 0 fully saturated rings. The quantitative estimate of drug-likeness (QED) is 0.776. The van der Waals surface area contributed by atoms with Crippen molar-refractivity contribution in [1.82, 2.24) is 4.98 Å². The first-order valence-electron chi connectivity index (χ1n) is 5.91. The van der Waals surface area contributed by atoms with Gasteiger partial charge in [-0.05, 0) is 17.7 Å². The maximum atomic E-state index is 5.92. The van der Waals surface area contributed by atoms with Crippen LogP contribution in [0.3, 0.4) is 0 Å². The average Bonchev–Trinajstić information content (AvgIpc) is 2.43. The molecule has 1 aromatic carbocycles. The molecule has 2 aromatic rings. The molecule has 2 nitrogen and oxygen atoms in total. The van der Waals surface area contributed by atoms with Gasteiger partial charge in [-0.15, -0.1) is 11.6 Å². The summed E-state index contributed by atoms with van der Waals surface area (Å²) in [5.74, 6) is 2.57. The molecular formula is C14H17ClN2S. The van der Waals surface area contributed by atoms with E-state index in [0.717, 1.165) is 23.8 Å². The number of hydrogen-bond donors (Lipinski definition) is 0. The van der Waals surface area contributed by atoms with Crippen LogP contribution in [-0.2, 0) is 5.88 Å². The monoisotopic (exact) mass is 280 g/mol. The molecule has 18 heavy (non-hydrogen) atoms. The van der Waals surface area contributed by atoms with Crippen molar-refractivity contribution in [1.29, 1.82) is 0 Å². The van der Waals surface area contributed by atoms with Gasteiger partial charge in [-0.25, -0.2) is 4.98 Å². The average molecular weight is 281 g/mol. The highest BCUT2D eigenvalue weighted by Gasteiger charge is 2.09. The van der Waals surface area contributed by atoms with Crippen molar-refractivity contribution in [2.24, 2.45) is 0 Å². The second-order valence-corrected chi connectivity index (χ2v) is 5.46. The van der Waals surface area contributed by atoms with E-state index in [4.69, 9.17) is 11.6 Å². The van der Waals surface area contributed by atoms with Crippen molar-refractivity contribution in [3.05, 3.63) is 36.0 Å².